The number of rotatable bonds is 7. The lowest BCUT2D eigenvalue weighted by atomic mass is 9.95. The summed E-state index contributed by atoms with van der Waals surface area (Å²) in [5.41, 5.74) is 2.68. The van der Waals surface area contributed by atoms with Crippen molar-refractivity contribution in [3.05, 3.63) is 45.8 Å². The number of aryl methyl sites for hydroxylation is 1. The summed E-state index contributed by atoms with van der Waals surface area (Å²) in [6.45, 7) is 0.872. The topological polar surface area (TPSA) is 67.9 Å². The number of nitrogens with zero attached hydrogens (tertiary/aromatic N) is 1. The normalized spacial score (nSPS) is 13.1. The Bertz CT molecular complexity index is 845. The molecule has 28 heavy (non-hydrogen) atoms. The second-order valence-electron chi connectivity index (χ2n) is 6.98. The minimum absolute atomic E-state index is 0.139. The van der Waals surface area contributed by atoms with E-state index >= 15 is 0 Å². The number of carbonyl (C=O) groups excluding carboxylic acids is 2. The Kier molecular flexibility index (Phi) is 6.70. The van der Waals surface area contributed by atoms with Crippen LogP contribution in [0, 0.1) is 0 Å². The van der Waals surface area contributed by atoms with Crippen LogP contribution in [0.15, 0.2) is 24.3 Å². The lowest BCUT2D eigenvalue weighted by molar-refractivity contribution is -0.117. The molecule has 7 heteroatoms. The van der Waals surface area contributed by atoms with Crippen LogP contribution in [0.1, 0.15) is 39.2 Å². The summed E-state index contributed by atoms with van der Waals surface area (Å²) < 4.78 is 10.1. The molecule has 6 nitrogen and oxygen atoms in total. The first-order valence-corrected chi connectivity index (χ1v) is 10.2. The number of esters is 1. The number of thiophene rings is 1. The number of fused-ring (bicyclic) bond motifs is 1. The maximum atomic E-state index is 12.6. The summed E-state index contributed by atoms with van der Waals surface area (Å²) in [4.78, 5) is 28.0. The van der Waals surface area contributed by atoms with E-state index in [1.165, 1.54) is 23.3 Å². The maximum absolute atomic E-state index is 12.6. The minimum Gasteiger partial charge on any atom is -0.497 e. The monoisotopic (exact) mass is 402 g/mol. The number of likely N-dealkylation sites (N-methyl/N-ethyl adjacent to an activating group) is 1. The van der Waals surface area contributed by atoms with Crippen LogP contribution in [-0.4, -0.2) is 44.6 Å². The van der Waals surface area contributed by atoms with Gasteiger partial charge in [0.25, 0.3) is 0 Å². The van der Waals surface area contributed by atoms with Gasteiger partial charge in [-0.3, -0.25) is 9.69 Å². The fourth-order valence-electron chi connectivity index (χ4n) is 3.48. The number of methoxy groups -OCH3 is 2. The van der Waals surface area contributed by atoms with E-state index in [0.29, 0.717) is 17.1 Å². The van der Waals surface area contributed by atoms with E-state index in [1.54, 1.807) is 7.11 Å². The Morgan fingerprint density at radius 3 is 2.54 bits per heavy atom. The van der Waals surface area contributed by atoms with E-state index in [0.717, 1.165) is 42.6 Å². The lowest BCUT2D eigenvalue weighted by Crippen LogP contribution is -2.30. The van der Waals surface area contributed by atoms with Crippen molar-refractivity contribution in [1.82, 2.24) is 4.90 Å². The number of carbonyl (C=O) groups is 2. The molecule has 0 saturated carbocycles. The van der Waals surface area contributed by atoms with Crippen molar-refractivity contribution in [3.63, 3.8) is 0 Å². The average molecular weight is 403 g/mol. The van der Waals surface area contributed by atoms with Crippen molar-refractivity contribution in [3.8, 4) is 5.75 Å². The summed E-state index contributed by atoms with van der Waals surface area (Å²) >= 11 is 1.50. The van der Waals surface area contributed by atoms with Crippen molar-refractivity contribution in [2.45, 2.75) is 32.2 Å². The van der Waals surface area contributed by atoms with Crippen LogP contribution in [0.2, 0.25) is 0 Å². The number of amides is 1. The van der Waals surface area contributed by atoms with E-state index in [9.17, 15) is 9.59 Å². The third-order valence-electron chi connectivity index (χ3n) is 4.84. The van der Waals surface area contributed by atoms with Gasteiger partial charge in [-0.15, -0.1) is 11.3 Å². The molecule has 1 N–H and O–H groups in total. The number of ether oxygens (including phenoxy) is 2. The quantitative estimate of drug-likeness (QED) is 0.718. The van der Waals surface area contributed by atoms with Gasteiger partial charge < -0.3 is 14.8 Å². The van der Waals surface area contributed by atoms with Crippen LogP contribution >= 0.6 is 11.3 Å². The first-order chi connectivity index (χ1) is 13.5. The van der Waals surface area contributed by atoms with Crippen LogP contribution in [0.5, 0.6) is 5.75 Å². The molecule has 0 unspecified atom stereocenters. The van der Waals surface area contributed by atoms with E-state index in [2.05, 4.69) is 5.32 Å². The summed E-state index contributed by atoms with van der Waals surface area (Å²) in [6.07, 6.45) is 4.00. The number of anilines is 1. The molecule has 0 bridgehead atoms. The largest absolute Gasteiger partial charge is 0.497 e. The van der Waals surface area contributed by atoms with Crippen molar-refractivity contribution < 1.29 is 19.1 Å². The summed E-state index contributed by atoms with van der Waals surface area (Å²) in [5.74, 6) is 0.294. The zero-order valence-electron chi connectivity index (χ0n) is 16.5. The van der Waals surface area contributed by atoms with E-state index in [-0.39, 0.29) is 18.4 Å². The number of benzene rings is 1. The number of hydrogen-bond acceptors (Lipinski definition) is 6. The first-order valence-electron chi connectivity index (χ1n) is 9.36. The van der Waals surface area contributed by atoms with Crippen molar-refractivity contribution in [1.29, 1.82) is 0 Å². The molecule has 2 aromatic rings. The summed E-state index contributed by atoms with van der Waals surface area (Å²) in [7, 11) is 4.91. The molecule has 1 aromatic carbocycles. The molecule has 0 radical (unpaired) electrons. The van der Waals surface area contributed by atoms with Gasteiger partial charge in [0.05, 0.1) is 26.3 Å². The van der Waals surface area contributed by atoms with Gasteiger partial charge in [0, 0.05) is 11.4 Å². The third kappa shape index (κ3) is 4.72. The molecule has 150 valence electrons. The van der Waals surface area contributed by atoms with Gasteiger partial charge in [-0.2, -0.15) is 0 Å². The van der Waals surface area contributed by atoms with Crippen molar-refractivity contribution >= 4 is 28.2 Å². The van der Waals surface area contributed by atoms with Crippen LogP contribution in [0.25, 0.3) is 0 Å². The molecule has 0 spiro atoms. The molecule has 1 heterocycles. The number of nitrogens with one attached hydrogen (secondary N) is 1. The van der Waals surface area contributed by atoms with Gasteiger partial charge >= 0.3 is 5.97 Å². The molecule has 3 rings (SSSR count). The Morgan fingerprint density at radius 1 is 1.14 bits per heavy atom. The fourth-order valence-corrected chi connectivity index (χ4v) is 4.78. The molecule has 0 fully saturated rings. The fraction of sp³-hybridized carbons (Fsp3) is 0.429. The summed E-state index contributed by atoms with van der Waals surface area (Å²) in [6, 6.07) is 7.77. The molecule has 1 aliphatic rings. The van der Waals surface area contributed by atoms with Crippen molar-refractivity contribution in [2.75, 3.05) is 33.1 Å². The zero-order chi connectivity index (χ0) is 20.1. The molecule has 0 aliphatic heterocycles. The number of hydrogen-bond donors (Lipinski definition) is 1. The summed E-state index contributed by atoms with van der Waals surface area (Å²) in [5, 5.41) is 3.55. The second kappa shape index (κ2) is 9.21. The van der Waals surface area contributed by atoms with E-state index in [1.807, 2.05) is 36.2 Å². The van der Waals surface area contributed by atoms with Crippen LogP contribution in [0.4, 0.5) is 5.00 Å². The van der Waals surface area contributed by atoms with Gasteiger partial charge in [0.2, 0.25) is 5.91 Å². The highest BCUT2D eigenvalue weighted by molar-refractivity contribution is 7.17. The van der Waals surface area contributed by atoms with Gasteiger partial charge in [-0.25, -0.2) is 4.79 Å². The van der Waals surface area contributed by atoms with Gasteiger partial charge in [-0.05, 0) is 56.0 Å². The highest BCUT2D eigenvalue weighted by atomic mass is 32.1. The van der Waals surface area contributed by atoms with Gasteiger partial charge in [0.1, 0.15) is 10.8 Å². The zero-order valence-corrected chi connectivity index (χ0v) is 17.4. The minimum atomic E-state index is -0.374. The highest BCUT2D eigenvalue weighted by Gasteiger charge is 2.27. The molecule has 0 saturated heterocycles. The lowest BCUT2D eigenvalue weighted by Gasteiger charge is -2.16. The Hall–Kier alpha value is -2.38. The SMILES string of the molecule is COC(=O)c1c(NC(=O)CN(C)Cc2ccc(OC)cc2)sc2c1CCCC2. The van der Waals surface area contributed by atoms with Gasteiger partial charge in [0.15, 0.2) is 0 Å². The molecule has 1 amide bonds. The van der Waals surface area contributed by atoms with Gasteiger partial charge in [-0.1, -0.05) is 12.1 Å². The highest BCUT2D eigenvalue weighted by Crippen LogP contribution is 2.38. The van der Waals surface area contributed by atoms with Crippen LogP contribution in [-0.2, 0) is 28.9 Å². The maximum Gasteiger partial charge on any atom is 0.341 e. The predicted octanol–water partition coefficient (Wildman–Crippen LogP) is 3.49. The Balaban J connectivity index is 1.65. The van der Waals surface area contributed by atoms with E-state index < -0.39 is 0 Å². The second-order valence-corrected chi connectivity index (χ2v) is 8.08. The van der Waals surface area contributed by atoms with Crippen molar-refractivity contribution in [2.24, 2.45) is 0 Å². The standard InChI is InChI=1S/C21H26N2O4S/c1-23(12-14-8-10-15(26-2)11-9-14)13-18(24)22-20-19(21(25)27-3)16-6-4-5-7-17(16)28-20/h8-11H,4-7,12-13H2,1-3H3,(H,22,24). The Labute approximate surface area is 169 Å². The average Bonchev–Trinajstić information content (AvgIpc) is 3.05. The molecular weight excluding hydrogens is 376 g/mol. The molecular formula is C21H26N2O4S. The Morgan fingerprint density at radius 2 is 1.86 bits per heavy atom. The van der Waals surface area contributed by atoms with E-state index in [4.69, 9.17) is 9.47 Å². The first kappa shape index (κ1) is 20.4. The molecule has 0 atom stereocenters. The molecule has 1 aliphatic carbocycles. The molecule has 1 aromatic heterocycles. The van der Waals surface area contributed by atoms with Crippen LogP contribution in [0.3, 0.4) is 0 Å². The third-order valence-corrected chi connectivity index (χ3v) is 6.05. The van der Waals surface area contributed by atoms with Crippen LogP contribution < -0.4 is 10.1 Å². The predicted molar refractivity (Wildman–Crippen MR) is 110 cm³/mol. The smallest absolute Gasteiger partial charge is 0.341 e.